The molecule has 88 valence electrons. The number of ether oxygens (including phenoxy) is 1. The van der Waals surface area contributed by atoms with Gasteiger partial charge in [-0.15, -0.1) is 0 Å². The predicted octanol–water partition coefficient (Wildman–Crippen LogP) is 2.49. The average molecular weight is 250 g/mol. The monoisotopic (exact) mass is 249 g/mol. The maximum atomic E-state index is 7.43. The first-order valence-electron chi connectivity index (χ1n) is 5.03. The molecule has 0 saturated carbocycles. The molecule has 0 aliphatic rings. The molecule has 2 rings (SSSR count). The zero-order valence-electron chi connectivity index (χ0n) is 9.54. The molecule has 0 fully saturated rings. The number of amidine groups is 1. The minimum atomic E-state index is -0.0722. The van der Waals surface area contributed by atoms with Crippen molar-refractivity contribution < 1.29 is 4.74 Å². The lowest BCUT2D eigenvalue weighted by Gasteiger charge is -2.10. The molecule has 0 aliphatic carbocycles. The fourth-order valence-electron chi connectivity index (χ4n) is 1.77. The zero-order valence-corrected chi connectivity index (χ0v) is 10.3. The van der Waals surface area contributed by atoms with Crippen LogP contribution in [0, 0.1) is 12.3 Å². The number of rotatable bonds is 2. The number of pyridine rings is 1. The van der Waals surface area contributed by atoms with E-state index in [1.807, 2.05) is 6.92 Å². The van der Waals surface area contributed by atoms with Crippen LogP contribution >= 0.6 is 11.6 Å². The molecule has 1 aromatic heterocycles. The fourth-order valence-corrected chi connectivity index (χ4v) is 2.07. The van der Waals surface area contributed by atoms with Crippen molar-refractivity contribution in [3.05, 3.63) is 34.5 Å². The summed E-state index contributed by atoms with van der Waals surface area (Å²) in [6, 6.07) is 5.27. The molecule has 0 atom stereocenters. The van der Waals surface area contributed by atoms with Crippen LogP contribution in [0.2, 0.25) is 5.02 Å². The van der Waals surface area contributed by atoms with E-state index in [1.165, 1.54) is 0 Å². The molecule has 17 heavy (non-hydrogen) atoms. The SMILES string of the molecule is COc1ccc(Cl)c2c(C)cc(C(=N)N)nc12. The number of aromatic nitrogens is 1. The molecule has 0 radical (unpaired) electrons. The number of nitrogens with zero attached hydrogens (tertiary/aromatic N) is 1. The van der Waals surface area contributed by atoms with Crippen molar-refractivity contribution >= 4 is 28.3 Å². The van der Waals surface area contributed by atoms with Gasteiger partial charge in [0, 0.05) is 5.39 Å². The molecule has 0 spiro atoms. The highest BCUT2D eigenvalue weighted by Gasteiger charge is 2.12. The van der Waals surface area contributed by atoms with E-state index in [9.17, 15) is 0 Å². The van der Waals surface area contributed by atoms with Gasteiger partial charge in [0.2, 0.25) is 0 Å². The number of aryl methyl sites for hydroxylation is 1. The minimum absolute atomic E-state index is 0.0722. The van der Waals surface area contributed by atoms with Crippen LogP contribution in [0.1, 0.15) is 11.3 Å². The van der Waals surface area contributed by atoms with Crippen LogP contribution in [0.5, 0.6) is 5.75 Å². The number of halogens is 1. The molecule has 4 nitrogen and oxygen atoms in total. The van der Waals surface area contributed by atoms with Crippen molar-refractivity contribution in [3.63, 3.8) is 0 Å². The molecule has 0 bridgehead atoms. The van der Waals surface area contributed by atoms with Crippen molar-refractivity contribution in [3.8, 4) is 5.75 Å². The average Bonchev–Trinajstić information content (AvgIpc) is 2.28. The largest absolute Gasteiger partial charge is 0.494 e. The third kappa shape index (κ3) is 1.91. The van der Waals surface area contributed by atoms with E-state index >= 15 is 0 Å². The molecule has 0 aliphatic heterocycles. The molecule has 0 amide bonds. The summed E-state index contributed by atoms with van der Waals surface area (Å²) in [7, 11) is 1.57. The van der Waals surface area contributed by atoms with Gasteiger partial charge in [-0.3, -0.25) is 5.41 Å². The molecule has 1 aromatic carbocycles. The number of fused-ring (bicyclic) bond motifs is 1. The van der Waals surface area contributed by atoms with Crippen LogP contribution in [-0.2, 0) is 0 Å². The van der Waals surface area contributed by atoms with Gasteiger partial charge in [-0.1, -0.05) is 11.6 Å². The Morgan fingerprint density at radius 2 is 2.18 bits per heavy atom. The molecule has 1 heterocycles. The maximum absolute atomic E-state index is 7.43. The van der Waals surface area contributed by atoms with Gasteiger partial charge in [0.1, 0.15) is 22.8 Å². The number of nitrogen functional groups attached to an aromatic ring is 1. The van der Waals surface area contributed by atoms with Gasteiger partial charge in [-0.25, -0.2) is 4.98 Å². The van der Waals surface area contributed by atoms with E-state index in [1.54, 1.807) is 25.3 Å². The highest BCUT2D eigenvalue weighted by molar-refractivity contribution is 6.36. The van der Waals surface area contributed by atoms with E-state index in [0.717, 1.165) is 10.9 Å². The Morgan fingerprint density at radius 3 is 2.76 bits per heavy atom. The highest BCUT2D eigenvalue weighted by Crippen LogP contribution is 2.32. The summed E-state index contributed by atoms with van der Waals surface area (Å²) >= 11 is 6.14. The number of hydrogen-bond donors (Lipinski definition) is 2. The van der Waals surface area contributed by atoms with Gasteiger partial charge < -0.3 is 10.5 Å². The van der Waals surface area contributed by atoms with Crippen molar-refractivity contribution in [2.75, 3.05) is 7.11 Å². The second-order valence-corrected chi connectivity index (χ2v) is 4.12. The summed E-state index contributed by atoms with van der Waals surface area (Å²) < 4.78 is 5.24. The van der Waals surface area contributed by atoms with Gasteiger partial charge >= 0.3 is 0 Å². The Morgan fingerprint density at radius 1 is 1.47 bits per heavy atom. The first-order valence-corrected chi connectivity index (χ1v) is 5.40. The normalized spacial score (nSPS) is 10.5. The van der Waals surface area contributed by atoms with Gasteiger partial charge in [0.25, 0.3) is 0 Å². The molecule has 2 aromatic rings. The number of nitrogens with two attached hydrogens (primary N) is 1. The van der Waals surface area contributed by atoms with Crippen molar-refractivity contribution in [1.29, 1.82) is 5.41 Å². The van der Waals surface area contributed by atoms with Crippen LogP contribution < -0.4 is 10.5 Å². The Balaban J connectivity index is 2.89. The van der Waals surface area contributed by atoms with Crippen LogP contribution in [-0.4, -0.2) is 17.9 Å². The lowest BCUT2D eigenvalue weighted by molar-refractivity contribution is 0.419. The van der Waals surface area contributed by atoms with Gasteiger partial charge in [-0.2, -0.15) is 0 Å². The Hall–Kier alpha value is -1.81. The molecular formula is C12H12ClN3O. The number of methoxy groups -OCH3 is 1. The number of benzene rings is 1. The first-order chi connectivity index (χ1) is 8.04. The summed E-state index contributed by atoms with van der Waals surface area (Å²) in [6.45, 7) is 1.90. The third-order valence-corrected chi connectivity index (χ3v) is 2.88. The van der Waals surface area contributed by atoms with Gasteiger partial charge in [0.15, 0.2) is 0 Å². The summed E-state index contributed by atoms with van der Waals surface area (Å²) in [6.07, 6.45) is 0. The molecule has 5 heteroatoms. The van der Waals surface area contributed by atoms with E-state index < -0.39 is 0 Å². The summed E-state index contributed by atoms with van der Waals surface area (Å²) in [5.41, 5.74) is 7.43. The second-order valence-electron chi connectivity index (χ2n) is 3.71. The quantitative estimate of drug-likeness (QED) is 0.634. The van der Waals surface area contributed by atoms with Crippen LogP contribution in [0.25, 0.3) is 10.9 Å². The van der Waals surface area contributed by atoms with Crippen LogP contribution in [0.3, 0.4) is 0 Å². The van der Waals surface area contributed by atoms with Crippen LogP contribution in [0.4, 0.5) is 0 Å². The molecule has 0 saturated heterocycles. The Labute approximate surface area is 104 Å². The third-order valence-electron chi connectivity index (χ3n) is 2.57. The summed E-state index contributed by atoms with van der Waals surface area (Å²) in [5, 5.41) is 8.87. The Bertz CT molecular complexity index is 610. The highest BCUT2D eigenvalue weighted by atomic mass is 35.5. The first kappa shape index (κ1) is 11.7. The summed E-state index contributed by atoms with van der Waals surface area (Å²) in [4.78, 5) is 4.31. The smallest absolute Gasteiger partial charge is 0.145 e. The maximum Gasteiger partial charge on any atom is 0.145 e. The van der Waals surface area contributed by atoms with Crippen molar-refractivity contribution in [2.24, 2.45) is 5.73 Å². The lowest BCUT2D eigenvalue weighted by atomic mass is 10.1. The molecular weight excluding hydrogens is 238 g/mol. The van der Waals surface area contributed by atoms with Gasteiger partial charge in [-0.05, 0) is 30.7 Å². The second kappa shape index (κ2) is 4.22. The van der Waals surface area contributed by atoms with Crippen molar-refractivity contribution in [1.82, 2.24) is 4.98 Å². The molecule has 3 N–H and O–H groups in total. The van der Waals surface area contributed by atoms with Gasteiger partial charge in [0.05, 0.1) is 12.1 Å². The van der Waals surface area contributed by atoms with Crippen LogP contribution in [0.15, 0.2) is 18.2 Å². The lowest BCUT2D eigenvalue weighted by Crippen LogP contribution is -2.13. The van der Waals surface area contributed by atoms with E-state index in [4.69, 9.17) is 27.5 Å². The van der Waals surface area contributed by atoms with Crippen molar-refractivity contribution in [2.45, 2.75) is 6.92 Å². The van der Waals surface area contributed by atoms with E-state index in [-0.39, 0.29) is 5.84 Å². The van der Waals surface area contributed by atoms with E-state index in [2.05, 4.69) is 4.98 Å². The molecule has 0 unspecified atom stereocenters. The summed E-state index contributed by atoms with van der Waals surface area (Å²) in [5.74, 6) is 0.549. The Kier molecular flexibility index (Phi) is 2.90. The predicted molar refractivity (Wildman–Crippen MR) is 69.1 cm³/mol. The number of hydrogen-bond acceptors (Lipinski definition) is 3. The van der Waals surface area contributed by atoms with E-state index in [0.29, 0.717) is 22.0 Å². The standard InChI is InChI=1S/C12H12ClN3O/c1-6-5-8(12(14)15)16-11-9(17-2)4-3-7(13)10(6)11/h3-5H,1-2H3,(H3,14,15). The topological polar surface area (TPSA) is 72.0 Å². The fraction of sp³-hybridized carbons (Fsp3) is 0.167. The zero-order chi connectivity index (χ0) is 12.6. The number of nitrogens with one attached hydrogen (secondary N) is 1. The minimum Gasteiger partial charge on any atom is -0.494 e.